The van der Waals surface area contributed by atoms with Crippen LogP contribution in [-0.4, -0.2) is 22.8 Å². The molecule has 0 heterocycles. The molecule has 0 saturated heterocycles. The summed E-state index contributed by atoms with van der Waals surface area (Å²) in [7, 11) is 0. The molecule has 1 unspecified atom stereocenters. The Morgan fingerprint density at radius 3 is 2.87 bits per heavy atom. The molecule has 2 N–H and O–H groups in total. The quantitative estimate of drug-likeness (QED) is 0.768. The van der Waals surface area contributed by atoms with E-state index in [4.69, 9.17) is 5.11 Å². The third kappa shape index (κ3) is 1.25. The highest BCUT2D eigenvalue weighted by molar-refractivity contribution is 5.83. The molecule has 3 nitrogen and oxygen atoms in total. The van der Waals surface area contributed by atoms with Gasteiger partial charge >= 0.3 is 5.97 Å². The number of aliphatic hydroxyl groups is 1. The van der Waals surface area contributed by atoms with Crippen molar-refractivity contribution in [3.63, 3.8) is 0 Å². The van der Waals surface area contributed by atoms with Crippen LogP contribution in [0, 0.1) is 5.82 Å². The monoisotopic (exact) mass is 210 g/mol. The van der Waals surface area contributed by atoms with E-state index in [9.17, 15) is 14.3 Å². The minimum atomic E-state index is -1.31. The molecule has 2 rings (SSSR count). The summed E-state index contributed by atoms with van der Waals surface area (Å²) in [4.78, 5) is 11.1. The van der Waals surface area contributed by atoms with Crippen molar-refractivity contribution < 1.29 is 19.4 Å². The van der Waals surface area contributed by atoms with Gasteiger partial charge in [-0.15, -0.1) is 0 Å². The Kier molecular flexibility index (Phi) is 2.23. The van der Waals surface area contributed by atoms with Crippen LogP contribution in [-0.2, 0) is 16.6 Å². The van der Waals surface area contributed by atoms with Crippen LogP contribution in [0.5, 0.6) is 0 Å². The number of aliphatic carboxylic acids is 1. The first-order valence-corrected chi connectivity index (χ1v) is 4.74. The number of carbonyl (C=O) groups is 1. The molecule has 1 aromatic carbocycles. The molecule has 80 valence electrons. The van der Waals surface area contributed by atoms with Crippen LogP contribution < -0.4 is 0 Å². The van der Waals surface area contributed by atoms with E-state index in [-0.39, 0.29) is 12.2 Å². The Hall–Kier alpha value is -1.42. The van der Waals surface area contributed by atoms with Gasteiger partial charge in [-0.3, -0.25) is 4.79 Å². The number of carboxylic acids is 1. The summed E-state index contributed by atoms with van der Waals surface area (Å²) in [6.07, 6.45) is 0.629. The molecule has 0 spiro atoms. The first-order chi connectivity index (χ1) is 7.12. The van der Waals surface area contributed by atoms with E-state index in [1.165, 1.54) is 12.1 Å². The summed E-state index contributed by atoms with van der Waals surface area (Å²) in [6, 6.07) is 4.37. The van der Waals surface area contributed by atoms with Crippen molar-refractivity contribution in [2.45, 2.75) is 18.3 Å². The number of rotatable bonds is 2. The smallest absolute Gasteiger partial charge is 0.316 e. The molecular formula is C11H11FO3. The Balaban J connectivity index is 2.61. The molecule has 0 aliphatic heterocycles. The van der Waals surface area contributed by atoms with Crippen molar-refractivity contribution in [2.24, 2.45) is 0 Å². The Bertz CT molecular complexity index is 416. The maximum Gasteiger partial charge on any atom is 0.316 e. The van der Waals surface area contributed by atoms with Crippen molar-refractivity contribution in [2.75, 3.05) is 6.61 Å². The molecule has 1 aromatic rings. The van der Waals surface area contributed by atoms with Crippen molar-refractivity contribution in [1.82, 2.24) is 0 Å². The molecule has 0 bridgehead atoms. The van der Waals surface area contributed by atoms with Gasteiger partial charge in [-0.1, -0.05) is 12.1 Å². The minimum absolute atomic E-state index is 0.259. The Labute approximate surface area is 86.2 Å². The van der Waals surface area contributed by atoms with Gasteiger partial charge in [0.1, 0.15) is 11.2 Å². The Morgan fingerprint density at radius 1 is 1.53 bits per heavy atom. The molecule has 0 aromatic heterocycles. The third-order valence-electron chi connectivity index (χ3n) is 3.12. The van der Waals surface area contributed by atoms with Gasteiger partial charge in [0.2, 0.25) is 0 Å². The van der Waals surface area contributed by atoms with Gasteiger partial charge in [-0.25, -0.2) is 4.39 Å². The highest BCUT2D eigenvalue weighted by Crippen LogP contribution is 2.39. The van der Waals surface area contributed by atoms with Gasteiger partial charge in [-0.05, 0) is 30.0 Å². The zero-order valence-corrected chi connectivity index (χ0v) is 8.03. The molecule has 0 amide bonds. The number of benzene rings is 1. The fraction of sp³-hybridized carbons (Fsp3) is 0.364. The van der Waals surface area contributed by atoms with Crippen LogP contribution in [0.4, 0.5) is 4.39 Å². The van der Waals surface area contributed by atoms with Crippen LogP contribution in [0.2, 0.25) is 0 Å². The van der Waals surface area contributed by atoms with Crippen molar-refractivity contribution in [3.05, 3.63) is 35.1 Å². The number of hydrogen-bond acceptors (Lipinski definition) is 2. The first kappa shape index (κ1) is 10.1. The number of carboxylic acid groups (broad SMARTS) is 1. The van der Waals surface area contributed by atoms with Crippen molar-refractivity contribution in [3.8, 4) is 0 Å². The van der Waals surface area contributed by atoms with Gasteiger partial charge in [0.25, 0.3) is 0 Å². The second kappa shape index (κ2) is 3.31. The fourth-order valence-electron chi connectivity index (χ4n) is 2.19. The largest absolute Gasteiger partial charge is 0.481 e. The predicted octanol–water partition coefficient (Wildman–Crippen LogP) is 1.09. The maximum absolute atomic E-state index is 13.4. The zero-order chi connectivity index (χ0) is 11.1. The van der Waals surface area contributed by atoms with Crippen molar-refractivity contribution >= 4 is 5.97 Å². The van der Waals surface area contributed by atoms with E-state index in [2.05, 4.69) is 0 Å². The van der Waals surface area contributed by atoms with Gasteiger partial charge in [0.05, 0.1) is 6.61 Å². The summed E-state index contributed by atoms with van der Waals surface area (Å²) < 4.78 is 13.4. The number of hydrogen-bond donors (Lipinski definition) is 2. The molecule has 0 fully saturated rings. The lowest BCUT2D eigenvalue weighted by Crippen LogP contribution is -2.37. The molecule has 15 heavy (non-hydrogen) atoms. The summed E-state index contributed by atoms with van der Waals surface area (Å²) in [5.41, 5.74) is -0.469. The van der Waals surface area contributed by atoms with Gasteiger partial charge in [0.15, 0.2) is 0 Å². The lowest BCUT2D eigenvalue weighted by atomic mass is 9.83. The van der Waals surface area contributed by atoms with Crippen LogP contribution >= 0.6 is 0 Å². The van der Waals surface area contributed by atoms with E-state index in [1.54, 1.807) is 6.07 Å². The fourth-order valence-corrected chi connectivity index (χ4v) is 2.19. The second-order valence-electron chi connectivity index (χ2n) is 3.81. The molecule has 1 aliphatic carbocycles. The average Bonchev–Trinajstić information content (AvgIpc) is 2.59. The molecule has 0 saturated carbocycles. The van der Waals surface area contributed by atoms with Gasteiger partial charge in [0, 0.05) is 0 Å². The van der Waals surface area contributed by atoms with Crippen LogP contribution in [0.25, 0.3) is 0 Å². The number of aliphatic hydroxyl groups excluding tert-OH is 1. The van der Waals surface area contributed by atoms with Crippen LogP contribution in [0.1, 0.15) is 17.5 Å². The van der Waals surface area contributed by atoms with E-state index in [1.807, 2.05) is 0 Å². The normalized spacial score (nSPS) is 23.9. The zero-order valence-electron chi connectivity index (χ0n) is 8.03. The summed E-state index contributed by atoms with van der Waals surface area (Å²) in [6.45, 7) is -0.487. The average molecular weight is 210 g/mol. The SMILES string of the molecule is O=C(O)C1(CO)CCc2c(F)cccc21. The van der Waals surface area contributed by atoms with E-state index in [0.717, 1.165) is 0 Å². The molecular weight excluding hydrogens is 199 g/mol. The van der Waals surface area contributed by atoms with Crippen LogP contribution in [0.3, 0.4) is 0 Å². The van der Waals surface area contributed by atoms with Gasteiger partial charge in [-0.2, -0.15) is 0 Å². The first-order valence-electron chi connectivity index (χ1n) is 4.74. The summed E-state index contributed by atoms with van der Waals surface area (Å²) in [5, 5.41) is 18.3. The van der Waals surface area contributed by atoms with Crippen LogP contribution in [0.15, 0.2) is 18.2 Å². The lowest BCUT2D eigenvalue weighted by Gasteiger charge is -2.22. The summed E-state index contributed by atoms with van der Waals surface area (Å²) >= 11 is 0. The summed E-state index contributed by atoms with van der Waals surface area (Å²) in [5.74, 6) is -1.47. The topological polar surface area (TPSA) is 57.5 Å². The van der Waals surface area contributed by atoms with E-state index in [0.29, 0.717) is 17.5 Å². The van der Waals surface area contributed by atoms with Crippen molar-refractivity contribution in [1.29, 1.82) is 0 Å². The van der Waals surface area contributed by atoms with Gasteiger partial charge < -0.3 is 10.2 Å². The standard InChI is InChI=1S/C11H11FO3/c12-9-3-1-2-8-7(9)4-5-11(8,6-13)10(14)15/h1-3,13H,4-6H2,(H,14,15). The highest BCUT2D eigenvalue weighted by Gasteiger charge is 2.45. The third-order valence-corrected chi connectivity index (χ3v) is 3.12. The number of fused-ring (bicyclic) bond motifs is 1. The lowest BCUT2D eigenvalue weighted by molar-refractivity contribution is -0.145. The predicted molar refractivity (Wildman–Crippen MR) is 51.1 cm³/mol. The molecule has 1 atom stereocenters. The highest BCUT2D eigenvalue weighted by atomic mass is 19.1. The minimum Gasteiger partial charge on any atom is -0.481 e. The second-order valence-corrected chi connectivity index (χ2v) is 3.81. The molecule has 4 heteroatoms. The Morgan fingerprint density at radius 2 is 2.27 bits per heavy atom. The number of halogens is 1. The van der Waals surface area contributed by atoms with E-state index < -0.39 is 18.0 Å². The van der Waals surface area contributed by atoms with E-state index >= 15 is 0 Å². The molecule has 0 radical (unpaired) electrons. The maximum atomic E-state index is 13.4. The molecule has 1 aliphatic rings.